The van der Waals surface area contributed by atoms with Crippen LogP contribution in [0.5, 0.6) is 0 Å². The van der Waals surface area contributed by atoms with Gasteiger partial charge in [0.2, 0.25) is 5.91 Å². The van der Waals surface area contributed by atoms with E-state index in [0.29, 0.717) is 16.9 Å². The van der Waals surface area contributed by atoms with Crippen molar-refractivity contribution in [1.29, 1.82) is 0 Å². The van der Waals surface area contributed by atoms with E-state index in [-0.39, 0.29) is 18.5 Å². The number of fused-ring (bicyclic) bond motifs is 2. The molecule has 9 nitrogen and oxygen atoms in total. The van der Waals surface area contributed by atoms with Gasteiger partial charge >= 0.3 is 0 Å². The number of amides is 1. The molecule has 0 aliphatic carbocycles. The number of hydrogen-bond donors (Lipinski definition) is 2. The predicted octanol–water partition coefficient (Wildman–Crippen LogP) is 0.0489. The van der Waals surface area contributed by atoms with Gasteiger partial charge in [0.1, 0.15) is 6.54 Å². The van der Waals surface area contributed by atoms with Crippen LogP contribution in [-0.4, -0.2) is 30.3 Å². The van der Waals surface area contributed by atoms with Crippen molar-refractivity contribution in [1.82, 2.24) is 29.7 Å². The summed E-state index contributed by atoms with van der Waals surface area (Å²) in [7, 11) is 0. The molecule has 0 bridgehead atoms. The molecule has 4 rings (SSSR count). The zero-order valence-corrected chi connectivity index (χ0v) is 13.5. The summed E-state index contributed by atoms with van der Waals surface area (Å²) in [5.74, 6) is 0.138. The third-order valence-electron chi connectivity index (χ3n) is 4.01. The van der Waals surface area contributed by atoms with Gasteiger partial charge in [-0.15, -0.1) is 10.2 Å². The van der Waals surface area contributed by atoms with E-state index in [1.54, 1.807) is 40.9 Å². The maximum atomic E-state index is 12.4. The standard InChI is InChI=1S/C17H14N6O3/c24-15(18-9-14-20-19-13-7-3-4-8-22(13)14)10-23-17(26)12-6-2-1-5-11(12)16(25)21-23/h1-8H,9-10H2,(H,18,24)(H,21,25). The van der Waals surface area contributed by atoms with Gasteiger partial charge in [-0.25, -0.2) is 4.68 Å². The number of nitrogens with one attached hydrogen (secondary N) is 2. The molecule has 3 heterocycles. The van der Waals surface area contributed by atoms with E-state index >= 15 is 0 Å². The highest BCUT2D eigenvalue weighted by Crippen LogP contribution is 2.03. The Balaban J connectivity index is 1.54. The summed E-state index contributed by atoms with van der Waals surface area (Å²) >= 11 is 0. The van der Waals surface area contributed by atoms with Gasteiger partial charge in [0.15, 0.2) is 11.5 Å². The van der Waals surface area contributed by atoms with E-state index in [0.717, 1.165) is 4.68 Å². The van der Waals surface area contributed by atoms with Gasteiger partial charge in [0.05, 0.1) is 17.3 Å². The van der Waals surface area contributed by atoms with E-state index < -0.39 is 17.0 Å². The first-order valence-electron chi connectivity index (χ1n) is 7.91. The molecule has 2 N–H and O–H groups in total. The first kappa shape index (κ1) is 15.8. The second-order valence-electron chi connectivity index (χ2n) is 5.70. The lowest BCUT2D eigenvalue weighted by atomic mass is 10.2. The van der Waals surface area contributed by atoms with Gasteiger partial charge in [-0.2, -0.15) is 0 Å². The Bertz CT molecular complexity index is 1240. The fraction of sp³-hybridized carbons (Fsp3) is 0.118. The minimum atomic E-state index is -0.428. The molecule has 0 radical (unpaired) electrons. The Labute approximate surface area is 145 Å². The molecule has 0 unspecified atom stereocenters. The number of nitrogens with zero attached hydrogens (tertiary/aromatic N) is 4. The molecule has 0 aliphatic heterocycles. The first-order valence-corrected chi connectivity index (χ1v) is 7.91. The number of H-pyrrole nitrogens is 1. The van der Waals surface area contributed by atoms with Crippen LogP contribution in [-0.2, 0) is 17.9 Å². The van der Waals surface area contributed by atoms with Gasteiger partial charge in [0.25, 0.3) is 11.1 Å². The normalized spacial score (nSPS) is 11.1. The Kier molecular flexibility index (Phi) is 3.81. The van der Waals surface area contributed by atoms with Crippen molar-refractivity contribution >= 4 is 22.3 Å². The van der Waals surface area contributed by atoms with Crippen LogP contribution in [0, 0.1) is 0 Å². The fourth-order valence-electron chi connectivity index (χ4n) is 2.75. The average Bonchev–Trinajstić information content (AvgIpc) is 3.07. The zero-order chi connectivity index (χ0) is 18.1. The molecule has 26 heavy (non-hydrogen) atoms. The quantitative estimate of drug-likeness (QED) is 0.540. The number of carbonyl (C=O) groups excluding carboxylic acids is 1. The van der Waals surface area contributed by atoms with E-state index in [2.05, 4.69) is 20.6 Å². The maximum Gasteiger partial charge on any atom is 0.273 e. The number of pyridine rings is 1. The molecular formula is C17H14N6O3. The molecule has 0 spiro atoms. The molecule has 0 saturated carbocycles. The number of carbonyl (C=O) groups is 1. The van der Waals surface area contributed by atoms with Crippen LogP contribution in [0.3, 0.4) is 0 Å². The molecule has 0 fully saturated rings. The molecular weight excluding hydrogens is 336 g/mol. The molecule has 0 atom stereocenters. The van der Waals surface area contributed by atoms with E-state index in [9.17, 15) is 14.4 Å². The lowest BCUT2D eigenvalue weighted by Gasteiger charge is -2.08. The third kappa shape index (κ3) is 2.75. The van der Waals surface area contributed by atoms with Gasteiger partial charge in [-0.1, -0.05) is 18.2 Å². The highest BCUT2D eigenvalue weighted by Gasteiger charge is 2.11. The van der Waals surface area contributed by atoms with Crippen molar-refractivity contribution in [2.24, 2.45) is 0 Å². The molecule has 1 amide bonds. The minimum absolute atomic E-state index is 0.149. The molecule has 0 aliphatic rings. The minimum Gasteiger partial charge on any atom is -0.347 e. The summed E-state index contributed by atoms with van der Waals surface area (Å²) in [5, 5.41) is 13.7. The maximum absolute atomic E-state index is 12.4. The van der Waals surface area contributed by atoms with Crippen molar-refractivity contribution in [2.75, 3.05) is 0 Å². The highest BCUT2D eigenvalue weighted by molar-refractivity contribution is 5.81. The number of aromatic nitrogens is 5. The monoisotopic (exact) mass is 350 g/mol. The molecule has 9 heteroatoms. The van der Waals surface area contributed by atoms with Crippen LogP contribution >= 0.6 is 0 Å². The van der Waals surface area contributed by atoms with Crippen LogP contribution in [0.2, 0.25) is 0 Å². The van der Waals surface area contributed by atoms with Gasteiger partial charge in [-0.05, 0) is 24.3 Å². The molecule has 130 valence electrons. The van der Waals surface area contributed by atoms with Gasteiger partial charge < -0.3 is 5.32 Å². The van der Waals surface area contributed by atoms with Crippen molar-refractivity contribution in [2.45, 2.75) is 13.1 Å². The van der Waals surface area contributed by atoms with Crippen LogP contribution in [0.1, 0.15) is 5.82 Å². The molecule has 0 saturated heterocycles. The average molecular weight is 350 g/mol. The smallest absolute Gasteiger partial charge is 0.273 e. The Morgan fingerprint density at radius 3 is 2.65 bits per heavy atom. The lowest BCUT2D eigenvalue weighted by Crippen LogP contribution is -2.36. The number of aromatic amines is 1. The van der Waals surface area contributed by atoms with E-state index in [1.807, 2.05) is 12.1 Å². The van der Waals surface area contributed by atoms with Crippen molar-refractivity contribution in [3.05, 3.63) is 75.2 Å². The second-order valence-corrected chi connectivity index (χ2v) is 5.70. The fourth-order valence-corrected chi connectivity index (χ4v) is 2.75. The highest BCUT2D eigenvalue weighted by atomic mass is 16.2. The van der Waals surface area contributed by atoms with Gasteiger partial charge in [0, 0.05) is 6.20 Å². The number of benzene rings is 1. The van der Waals surface area contributed by atoms with Crippen LogP contribution in [0.25, 0.3) is 16.4 Å². The molecule has 3 aromatic heterocycles. The predicted molar refractivity (Wildman–Crippen MR) is 93.7 cm³/mol. The topological polar surface area (TPSA) is 114 Å². The number of rotatable bonds is 4. The summed E-state index contributed by atoms with van der Waals surface area (Å²) in [5.41, 5.74) is -0.174. The zero-order valence-electron chi connectivity index (χ0n) is 13.5. The molecule has 1 aromatic carbocycles. The van der Waals surface area contributed by atoms with Gasteiger partial charge in [-0.3, -0.25) is 23.9 Å². The Morgan fingerprint density at radius 1 is 1.04 bits per heavy atom. The summed E-state index contributed by atoms with van der Waals surface area (Å²) in [6.45, 7) is -0.147. The molecule has 4 aromatic rings. The summed E-state index contributed by atoms with van der Waals surface area (Å²) in [4.78, 5) is 36.7. The Morgan fingerprint density at radius 2 is 1.81 bits per heavy atom. The van der Waals surface area contributed by atoms with Crippen molar-refractivity contribution in [3.63, 3.8) is 0 Å². The van der Waals surface area contributed by atoms with Crippen LogP contribution < -0.4 is 16.4 Å². The number of hydrogen-bond acceptors (Lipinski definition) is 5. The van der Waals surface area contributed by atoms with Crippen molar-refractivity contribution in [3.8, 4) is 0 Å². The SMILES string of the molecule is O=C(Cn1[nH]c(=O)c2ccccc2c1=O)NCc1nnc2ccccn12. The summed E-state index contributed by atoms with van der Waals surface area (Å²) < 4.78 is 2.76. The largest absolute Gasteiger partial charge is 0.347 e. The van der Waals surface area contributed by atoms with E-state index in [4.69, 9.17) is 0 Å². The van der Waals surface area contributed by atoms with E-state index in [1.165, 1.54) is 0 Å². The van der Waals surface area contributed by atoms with Crippen molar-refractivity contribution < 1.29 is 4.79 Å². The lowest BCUT2D eigenvalue weighted by molar-refractivity contribution is -0.122. The third-order valence-corrected chi connectivity index (χ3v) is 4.01. The summed E-state index contributed by atoms with van der Waals surface area (Å²) in [6, 6.07) is 12.0. The Hall–Kier alpha value is -3.75. The second kappa shape index (κ2) is 6.28. The van der Waals surface area contributed by atoms with Crippen LogP contribution in [0.15, 0.2) is 58.3 Å². The van der Waals surface area contributed by atoms with Crippen LogP contribution in [0.4, 0.5) is 0 Å². The first-order chi connectivity index (χ1) is 12.6. The summed E-state index contributed by atoms with van der Waals surface area (Å²) in [6.07, 6.45) is 1.79.